The van der Waals surface area contributed by atoms with Crippen LogP contribution in [-0.4, -0.2) is 37.6 Å². The number of thiazole rings is 1. The summed E-state index contributed by atoms with van der Waals surface area (Å²) in [5, 5.41) is 4.35. The molecule has 0 spiro atoms. The number of aromatic nitrogens is 1. The molecule has 3 nitrogen and oxygen atoms in total. The summed E-state index contributed by atoms with van der Waals surface area (Å²) in [5.41, 5.74) is 0. The Labute approximate surface area is 83.8 Å². The molecule has 0 saturated carbocycles. The fourth-order valence-corrected chi connectivity index (χ4v) is 2.12. The van der Waals surface area contributed by atoms with Crippen molar-refractivity contribution in [3.05, 3.63) is 16.1 Å². The van der Waals surface area contributed by atoms with Crippen LogP contribution < -0.4 is 5.32 Å². The van der Waals surface area contributed by atoms with Gasteiger partial charge in [-0.1, -0.05) is 0 Å². The lowest BCUT2D eigenvalue weighted by atomic mass is 10.4. The molecule has 1 aromatic heterocycles. The van der Waals surface area contributed by atoms with Crippen molar-refractivity contribution >= 4 is 11.3 Å². The molecule has 13 heavy (non-hydrogen) atoms. The van der Waals surface area contributed by atoms with Gasteiger partial charge < -0.3 is 10.2 Å². The highest BCUT2D eigenvalue weighted by atomic mass is 32.1. The average Bonchev–Trinajstić information content (AvgIpc) is 2.48. The molecular formula is C9H17N3S. The number of hydrogen-bond acceptors (Lipinski definition) is 4. The molecular weight excluding hydrogens is 182 g/mol. The summed E-state index contributed by atoms with van der Waals surface area (Å²) in [6.07, 6.45) is 3.02. The summed E-state index contributed by atoms with van der Waals surface area (Å²) in [4.78, 5) is 7.86. The minimum Gasteiger partial charge on any atom is -0.319 e. The first-order chi connectivity index (χ1) is 6.22. The highest BCUT2D eigenvalue weighted by Crippen LogP contribution is 2.14. The van der Waals surface area contributed by atoms with Crippen LogP contribution in [0.15, 0.2) is 6.20 Å². The summed E-state index contributed by atoms with van der Waals surface area (Å²) in [5.74, 6) is 0. The van der Waals surface area contributed by atoms with Gasteiger partial charge in [-0.15, -0.1) is 11.3 Å². The molecule has 0 atom stereocenters. The van der Waals surface area contributed by atoms with Crippen molar-refractivity contribution in [2.24, 2.45) is 0 Å². The topological polar surface area (TPSA) is 28.2 Å². The lowest BCUT2D eigenvalue weighted by molar-refractivity contribution is 0.406. The summed E-state index contributed by atoms with van der Waals surface area (Å²) in [6, 6.07) is 0. The predicted octanol–water partition coefficient (Wildman–Crippen LogP) is 0.967. The molecule has 74 valence electrons. The maximum absolute atomic E-state index is 4.36. The van der Waals surface area contributed by atoms with Gasteiger partial charge in [0.25, 0.3) is 0 Å². The van der Waals surface area contributed by atoms with Gasteiger partial charge in [-0.25, -0.2) is 4.98 Å². The smallest absolute Gasteiger partial charge is 0.0940 e. The number of rotatable bonds is 5. The van der Waals surface area contributed by atoms with Gasteiger partial charge in [0, 0.05) is 30.6 Å². The molecule has 0 aliphatic carbocycles. The Morgan fingerprint density at radius 3 is 2.92 bits per heavy atom. The van der Waals surface area contributed by atoms with E-state index in [1.807, 2.05) is 24.6 Å². The predicted molar refractivity (Wildman–Crippen MR) is 57.1 cm³/mol. The van der Waals surface area contributed by atoms with E-state index < -0.39 is 0 Å². The zero-order valence-corrected chi connectivity index (χ0v) is 9.32. The standard InChI is InChI=1S/C9H17N3S/c1-10-5-4-9-11-6-8(13-9)7-12(2)3/h6,10H,4-5,7H2,1-3H3. The highest BCUT2D eigenvalue weighted by Gasteiger charge is 2.01. The summed E-state index contributed by atoms with van der Waals surface area (Å²) in [6.45, 7) is 2.01. The molecule has 0 radical (unpaired) electrons. The molecule has 0 amide bonds. The van der Waals surface area contributed by atoms with Crippen molar-refractivity contribution in [1.82, 2.24) is 15.2 Å². The van der Waals surface area contributed by atoms with Gasteiger partial charge in [0.1, 0.15) is 0 Å². The molecule has 1 heterocycles. The lowest BCUT2D eigenvalue weighted by Crippen LogP contribution is -2.10. The Morgan fingerprint density at radius 2 is 2.31 bits per heavy atom. The van der Waals surface area contributed by atoms with Crippen LogP contribution in [0.1, 0.15) is 9.88 Å². The first-order valence-corrected chi connectivity index (χ1v) is 5.27. The molecule has 0 saturated heterocycles. The van der Waals surface area contributed by atoms with E-state index in [2.05, 4.69) is 29.3 Å². The van der Waals surface area contributed by atoms with Crippen molar-refractivity contribution < 1.29 is 0 Å². The molecule has 0 aliphatic rings. The van der Waals surface area contributed by atoms with E-state index in [1.165, 1.54) is 9.88 Å². The molecule has 0 aliphatic heterocycles. The Kier molecular flexibility index (Phi) is 4.35. The average molecular weight is 199 g/mol. The maximum Gasteiger partial charge on any atom is 0.0940 e. The zero-order chi connectivity index (χ0) is 9.68. The van der Waals surface area contributed by atoms with Crippen LogP contribution in [-0.2, 0) is 13.0 Å². The van der Waals surface area contributed by atoms with Gasteiger partial charge >= 0.3 is 0 Å². The van der Waals surface area contributed by atoms with Crippen molar-refractivity contribution in [2.45, 2.75) is 13.0 Å². The summed E-state index contributed by atoms with van der Waals surface area (Å²) >= 11 is 1.81. The quantitative estimate of drug-likeness (QED) is 0.766. The van der Waals surface area contributed by atoms with E-state index in [9.17, 15) is 0 Å². The number of nitrogens with one attached hydrogen (secondary N) is 1. The Hall–Kier alpha value is -0.450. The lowest BCUT2D eigenvalue weighted by Gasteiger charge is -2.05. The van der Waals surface area contributed by atoms with Gasteiger partial charge in [-0.2, -0.15) is 0 Å². The van der Waals surface area contributed by atoms with Crippen LogP contribution in [0.2, 0.25) is 0 Å². The van der Waals surface area contributed by atoms with E-state index in [4.69, 9.17) is 0 Å². The van der Waals surface area contributed by atoms with Crippen LogP contribution in [0.25, 0.3) is 0 Å². The van der Waals surface area contributed by atoms with E-state index in [-0.39, 0.29) is 0 Å². The number of hydrogen-bond donors (Lipinski definition) is 1. The minimum absolute atomic E-state index is 0.997. The van der Waals surface area contributed by atoms with Gasteiger partial charge in [-0.3, -0.25) is 0 Å². The van der Waals surface area contributed by atoms with E-state index >= 15 is 0 Å². The monoisotopic (exact) mass is 199 g/mol. The maximum atomic E-state index is 4.36. The summed E-state index contributed by atoms with van der Waals surface area (Å²) < 4.78 is 0. The normalized spacial score (nSPS) is 11.1. The SMILES string of the molecule is CNCCc1ncc(CN(C)C)s1. The third kappa shape index (κ3) is 3.85. The zero-order valence-electron chi connectivity index (χ0n) is 8.50. The minimum atomic E-state index is 0.997. The molecule has 4 heteroatoms. The third-order valence-electron chi connectivity index (χ3n) is 1.66. The number of nitrogens with zero attached hydrogens (tertiary/aromatic N) is 2. The van der Waals surface area contributed by atoms with Gasteiger partial charge in [0.2, 0.25) is 0 Å². The molecule has 1 rings (SSSR count). The van der Waals surface area contributed by atoms with Crippen molar-refractivity contribution in [3.63, 3.8) is 0 Å². The van der Waals surface area contributed by atoms with E-state index in [0.717, 1.165) is 19.5 Å². The second-order valence-electron chi connectivity index (χ2n) is 3.31. The highest BCUT2D eigenvalue weighted by molar-refractivity contribution is 7.11. The van der Waals surface area contributed by atoms with Crippen LogP contribution in [0.5, 0.6) is 0 Å². The van der Waals surface area contributed by atoms with Gasteiger partial charge in [0.05, 0.1) is 5.01 Å². The van der Waals surface area contributed by atoms with E-state index in [1.54, 1.807) is 0 Å². The molecule has 0 aromatic carbocycles. The molecule has 1 aromatic rings. The van der Waals surface area contributed by atoms with Crippen LogP contribution in [0.4, 0.5) is 0 Å². The Bertz CT molecular complexity index is 245. The summed E-state index contributed by atoms with van der Waals surface area (Å²) in [7, 11) is 6.12. The Morgan fingerprint density at radius 1 is 1.54 bits per heavy atom. The first-order valence-electron chi connectivity index (χ1n) is 4.45. The molecule has 1 N–H and O–H groups in total. The fraction of sp³-hybridized carbons (Fsp3) is 0.667. The van der Waals surface area contributed by atoms with E-state index in [0.29, 0.717) is 0 Å². The molecule has 0 unspecified atom stereocenters. The van der Waals surface area contributed by atoms with Crippen LogP contribution in [0.3, 0.4) is 0 Å². The van der Waals surface area contributed by atoms with Crippen LogP contribution >= 0.6 is 11.3 Å². The second-order valence-corrected chi connectivity index (χ2v) is 4.51. The van der Waals surface area contributed by atoms with Crippen molar-refractivity contribution in [3.8, 4) is 0 Å². The van der Waals surface area contributed by atoms with Crippen LogP contribution in [0, 0.1) is 0 Å². The second kappa shape index (κ2) is 5.32. The van der Waals surface area contributed by atoms with Crippen molar-refractivity contribution in [1.29, 1.82) is 0 Å². The fourth-order valence-electron chi connectivity index (χ4n) is 1.08. The number of likely N-dealkylation sites (N-methyl/N-ethyl adjacent to an activating group) is 1. The van der Waals surface area contributed by atoms with Gasteiger partial charge in [-0.05, 0) is 21.1 Å². The molecule has 0 fully saturated rings. The Balaban J connectivity index is 2.44. The third-order valence-corrected chi connectivity index (χ3v) is 2.70. The molecule has 0 bridgehead atoms. The van der Waals surface area contributed by atoms with Crippen molar-refractivity contribution in [2.75, 3.05) is 27.7 Å². The first kappa shape index (κ1) is 10.6. The largest absolute Gasteiger partial charge is 0.319 e. The van der Waals surface area contributed by atoms with Gasteiger partial charge in [0.15, 0.2) is 0 Å².